The van der Waals surface area contributed by atoms with Gasteiger partial charge < -0.3 is 10.1 Å². The first kappa shape index (κ1) is 12.5. The molecule has 1 aromatic rings. The molecular weight excluding hydrogens is 234 g/mol. The molecule has 1 heterocycles. The van der Waals surface area contributed by atoms with Crippen LogP contribution in [0.4, 0.5) is 5.82 Å². The molecule has 4 nitrogen and oxygen atoms in total. The third kappa shape index (κ3) is 3.49. The average Bonchev–Trinajstić information content (AvgIpc) is 2.39. The van der Waals surface area contributed by atoms with Crippen molar-refractivity contribution in [3.8, 4) is 5.88 Å². The Morgan fingerprint density at radius 3 is 3.06 bits per heavy atom. The van der Waals surface area contributed by atoms with E-state index >= 15 is 0 Å². The summed E-state index contributed by atoms with van der Waals surface area (Å²) in [6.07, 6.45) is 8.81. The van der Waals surface area contributed by atoms with Gasteiger partial charge in [0.15, 0.2) is 0 Å². The van der Waals surface area contributed by atoms with Gasteiger partial charge in [0, 0.05) is 17.4 Å². The number of anilines is 1. The maximum Gasteiger partial charge on any atom is 0.218 e. The summed E-state index contributed by atoms with van der Waals surface area (Å²) in [7, 11) is 1.62. The lowest BCUT2D eigenvalue weighted by molar-refractivity contribution is 0.396. The van der Waals surface area contributed by atoms with Crippen molar-refractivity contribution in [3.05, 3.63) is 12.4 Å². The SMILES string of the molecule is COc1cc(NC2CCCC(SC)C2)ncn1. The fourth-order valence-corrected chi connectivity index (χ4v) is 3.06. The first-order valence-corrected chi connectivity index (χ1v) is 7.26. The van der Waals surface area contributed by atoms with E-state index in [1.54, 1.807) is 7.11 Å². The van der Waals surface area contributed by atoms with Crippen molar-refractivity contribution in [2.24, 2.45) is 0 Å². The lowest BCUT2D eigenvalue weighted by Gasteiger charge is -2.28. The van der Waals surface area contributed by atoms with E-state index in [4.69, 9.17) is 4.74 Å². The van der Waals surface area contributed by atoms with E-state index in [1.807, 2.05) is 17.8 Å². The van der Waals surface area contributed by atoms with E-state index in [0.29, 0.717) is 11.9 Å². The minimum Gasteiger partial charge on any atom is -0.481 e. The third-order valence-electron chi connectivity index (χ3n) is 3.16. The molecule has 2 atom stereocenters. The molecule has 1 aliphatic rings. The van der Waals surface area contributed by atoms with E-state index in [2.05, 4.69) is 21.5 Å². The zero-order valence-electron chi connectivity index (χ0n) is 10.3. The Hall–Kier alpha value is -0.970. The van der Waals surface area contributed by atoms with Crippen LogP contribution in [-0.2, 0) is 0 Å². The van der Waals surface area contributed by atoms with Gasteiger partial charge in [0.05, 0.1) is 7.11 Å². The molecule has 0 spiro atoms. The van der Waals surface area contributed by atoms with Gasteiger partial charge >= 0.3 is 0 Å². The van der Waals surface area contributed by atoms with E-state index in [0.717, 1.165) is 11.1 Å². The van der Waals surface area contributed by atoms with Gasteiger partial charge in [0.2, 0.25) is 5.88 Å². The van der Waals surface area contributed by atoms with E-state index in [9.17, 15) is 0 Å². The van der Waals surface area contributed by atoms with Crippen LogP contribution in [0.2, 0.25) is 0 Å². The summed E-state index contributed by atoms with van der Waals surface area (Å²) < 4.78 is 5.09. The lowest BCUT2D eigenvalue weighted by atomic mass is 9.95. The minimum atomic E-state index is 0.529. The van der Waals surface area contributed by atoms with Crippen molar-refractivity contribution < 1.29 is 4.74 Å². The van der Waals surface area contributed by atoms with Gasteiger partial charge in [-0.1, -0.05) is 6.42 Å². The number of ether oxygens (including phenoxy) is 1. The molecule has 17 heavy (non-hydrogen) atoms. The molecule has 5 heteroatoms. The zero-order valence-corrected chi connectivity index (χ0v) is 11.2. The Morgan fingerprint density at radius 2 is 2.29 bits per heavy atom. The van der Waals surface area contributed by atoms with Crippen LogP contribution in [0.1, 0.15) is 25.7 Å². The van der Waals surface area contributed by atoms with Crippen LogP contribution in [-0.4, -0.2) is 34.6 Å². The lowest BCUT2D eigenvalue weighted by Crippen LogP contribution is -2.28. The molecule has 1 saturated carbocycles. The highest BCUT2D eigenvalue weighted by molar-refractivity contribution is 7.99. The summed E-state index contributed by atoms with van der Waals surface area (Å²) in [5.41, 5.74) is 0. The molecule has 0 aromatic carbocycles. The molecule has 0 radical (unpaired) electrons. The summed E-state index contributed by atoms with van der Waals surface area (Å²) in [6.45, 7) is 0. The Kier molecular flexibility index (Phi) is 4.48. The van der Waals surface area contributed by atoms with Crippen molar-refractivity contribution in [2.45, 2.75) is 37.0 Å². The largest absolute Gasteiger partial charge is 0.481 e. The number of hydrogen-bond donors (Lipinski definition) is 1. The number of rotatable bonds is 4. The molecule has 0 amide bonds. The smallest absolute Gasteiger partial charge is 0.218 e. The maximum absolute atomic E-state index is 5.09. The number of nitrogens with zero attached hydrogens (tertiary/aromatic N) is 2. The Labute approximate surface area is 107 Å². The second kappa shape index (κ2) is 6.10. The summed E-state index contributed by atoms with van der Waals surface area (Å²) in [5.74, 6) is 1.48. The fraction of sp³-hybridized carbons (Fsp3) is 0.667. The van der Waals surface area contributed by atoms with Gasteiger partial charge in [-0.25, -0.2) is 9.97 Å². The molecule has 1 aromatic heterocycles. The molecule has 1 N–H and O–H groups in total. The van der Waals surface area contributed by atoms with Crippen molar-refractivity contribution in [1.82, 2.24) is 9.97 Å². The van der Waals surface area contributed by atoms with Gasteiger partial charge in [0.25, 0.3) is 0 Å². The van der Waals surface area contributed by atoms with Crippen molar-refractivity contribution >= 4 is 17.6 Å². The molecule has 0 bridgehead atoms. The van der Waals surface area contributed by atoms with Crippen molar-refractivity contribution in [3.63, 3.8) is 0 Å². The second-order valence-electron chi connectivity index (χ2n) is 4.31. The standard InChI is InChI=1S/C12H19N3OS/c1-16-12-7-11(13-8-14-12)15-9-4-3-5-10(6-9)17-2/h7-10H,3-6H2,1-2H3,(H,13,14,15). The van der Waals surface area contributed by atoms with Gasteiger partial charge in [-0.2, -0.15) is 11.8 Å². The van der Waals surface area contributed by atoms with Crippen molar-refractivity contribution in [2.75, 3.05) is 18.7 Å². The Bertz CT molecular complexity index is 361. The molecule has 94 valence electrons. The highest BCUT2D eigenvalue weighted by Gasteiger charge is 2.21. The normalized spacial score (nSPS) is 24.4. The Morgan fingerprint density at radius 1 is 1.41 bits per heavy atom. The highest BCUT2D eigenvalue weighted by Crippen LogP contribution is 2.28. The van der Waals surface area contributed by atoms with Crippen LogP contribution in [0, 0.1) is 0 Å². The molecule has 1 fully saturated rings. The third-order valence-corrected chi connectivity index (χ3v) is 4.26. The van der Waals surface area contributed by atoms with Gasteiger partial charge in [-0.3, -0.25) is 0 Å². The summed E-state index contributed by atoms with van der Waals surface area (Å²) >= 11 is 1.97. The van der Waals surface area contributed by atoms with Gasteiger partial charge in [0.1, 0.15) is 12.1 Å². The van der Waals surface area contributed by atoms with Gasteiger partial charge in [-0.15, -0.1) is 0 Å². The molecule has 1 aliphatic carbocycles. The zero-order chi connectivity index (χ0) is 12.1. The summed E-state index contributed by atoms with van der Waals surface area (Å²) in [4.78, 5) is 8.23. The number of aromatic nitrogens is 2. The molecular formula is C12H19N3OS. The molecule has 0 saturated heterocycles. The van der Waals surface area contributed by atoms with Gasteiger partial charge in [-0.05, 0) is 25.5 Å². The number of hydrogen-bond acceptors (Lipinski definition) is 5. The quantitative estimate of drug-likeness (QED) is 0.893. The second-order valence-corrected chi connectivity index (χ2v) is 5.45. The summed E-state index contributed by atoms with van der Waals surface area (Å²) in [5, 5.41) is 4.26. The van der Waals surface area contributed by atoms with Crippen LogP contribution < -0.4 is 10.1 Å². The maximum atomic E-state index is 5.09. The molecule has 2 unspecified atom stereocenters. The van der Waals surface area contributed by atoms with Crippen LogP contribution in [0.5, 0.6) is 5.88 Å². The predicted octanol–water partition coefficient (Wildman–Crippen LogP) is 2.57. The van der Waals surface area contributed by atoms with Crippen molar-refractivity contribution in [1.29, 1.82) is 0 Å². The monoisotopic (exact) mass is 253 g/mol. The highest BCUT2D eigenvalue weighted by atomic mass is 32.2. The number of methoxy groups -OCH3 is 1. The first-order valence-electron chi connectivity index (χ1n) is 5.97. The van der Waals surface area contributed by atoms with E-state index < -0.39 is 0 Å². The van der Waals surface area contributed by atoms with E-state index in [1.165, 1.54) is 32.0 Å². The minimum absolute atomic E-state index is 0.529. The molecule has 0 aliphatic heterocycles. The number of thioether (sulfide) groups is 1. The van der Waals surface area contributed by atoms with E-state index in [-0.39, 0.29) is 0 Å². The van der Waals surface area contributed by atoms with Crippen LogP contribution in [0.15, 0.2) is 12.4 Å². The predicted molar refractivity (Wildman–Crippen MR) is 71.8 cm³/mol. The van der Waals surface area contributed by atoms with Crippen LogP contribution >= 0.6 is 11.8 Å². The first-order chi connectivity index (χ1) is 8.31. The van der Waals surface area contributed by atoms with Crippen LogP contribution in [0.25, 0.3) is 0 Å². The summed E-state index contributed by atoms with van der Waals surface area (Å²) in [6, 6.07) is 2.38. The average molecular weight is 253 g/mol. The topological polar surface area (TPSA) is 47.0 Å². The fourth-order valence-electron chi connectivity index (χ4n) is 2.23. The van der Waals surface area contributed by atoms with Crippen LogP contribution in [0.3, 0.4) is 0 Å². The number of nitrogens with one attached hydrogen (secondary N) is 1. The molecule has 2 rings (SSSR count). The Balaban J connectivity index is 1.95.